The van der Waals surface area contributed by atoms with Crippen molar-refractivity contribution < 1.29 is 4.42 Å². The summed E-state index contributed by atoms with van der Waals surface area (Å²) < 4.78 is 7.09. The van der Waals surface area contributed by atoms with Crippen LogP contribution in [-0.4, -0.2) is 20.0 Å². The molecule has 3 heterocycles. The van der Waals surface area contributed by atoms with Gasteiger partial charge >= 0.3 is 0 Å². The Morgan fingerprint density at radius 1 is 1.50 bits per heavy atom. The Kier molecular flexibility index (Phi) is 3.62. The van der Waals surface area contributed by atoms with Crippen LogP contribution in [0.5, 0.6) is 0 Å². The molecule has 0 radical (unpaired) electrons. The second kappa shape index (κ2) is 5.56. The topological polar surface area (TPSA) is 82.8 Å². The summed E-state index contributed by atoms with van der Waals surface area (Å²) in [6.07, 6.45) is 4.37. The number of nitrogens with zero attached hydrogens (tertiary/aromatic N) is 4. The number of hydrogen-bond donors (Lipinski definition) is 1. The zero-order valence-electron chi connectivity index (χ0n) is 11.1. The predicted molar refractivity (Wildman–Crippen MR) is 76.2 cm³/mol. The molecular formula is C13H15N5OS. The van der Waals surface area contributed by atoms with Crippen LogP contribution >= 0.6 is 11.3 Å². The second-order valence-corrected chi connectivity index (χ2v) is 5.34. The molecule has 0 aliphatic carbocycles. The van der Waals surface area contributed by atoms with Crippen molar-refractivity contribution in [2.45, 2.75) is 25.9 Å². The summed E-state index contributed by atoms with van der Waals surface area (Å²) in [6, 6.07) is 3.70. The molecule has 0 fully saturated rings. The van der Waals surface area contributed by atoms with Gasteiger partial charge in [0, 0.05) is 5.38 Å². The lowest BCUT2D eigenvalue weighted by Crippen LogP contribution is -2.08. The van der Waals surface area contributed by atoms with E-state index < -0.39 is 0 Å². The lowest BCUT2D eigenvalue weighted by Gasteiger charge is -2.01. The molecule has 3 aromatic rings. The van der Waals surface area contributed by atoms with Gasteiger partial charge in [-0.1, -0.05) is 12.1 Å². The molecule has 104 valence electrons. The van der Waals surface area contributed by atoms with Gasteiger partial charge in [0.15, 0.2) is 10.8 Å². The molecule has 0 aromatic carbocycles. The van der Waals surface area contributed by atoms with Crippen molar-refractivity contribution in [2.75, 3.05) is 0 Å². The van der Waals surface area contributed by atoms with E-state index in [9.17, 15) is 0 Å². The van der Waals surface area contributed by atoms with E-state index in [-0.39, 0.29) is 6.04 Å². The van der Waals surface area contributed by atoms with Gasteiger partial charge in [-0.05, 0) is 18.6 Å². The highest BCUT2D eigenvalue weighted by atomic mass is 32.1. The van der Waals surface area contributed by atoms with Gasteiger partial charge in [0.25, 0.3) is 0 Å². The molecule has 0 spiro atoms. The Morgan fingerprint density at radius 2 is 2.40 bits per heavy atom. The van der Waals surface area contributed by atoms with Crippen LogP contribution in [0.3, 0.4) is 0 Å². The van der Waals surface area contributed by atoms with Gasteiger partial charge in [-0.25, -0.2) is 9.67 Å². The van der Waals surface area contributed by atoms with Crippen LogP contribution < -0.4 is 5.73 Å². The maximum Gasteiger partial charge on any atom is 0.162 e. The van der Waals surface area contributed by atoms with Crippen molar-refractivity contribution in [1.82, 2.24) is 20.0 Å². The highest BCUT2D eigenvalue weighted by Gasteiger charge is 2.11. The quantitative estimate of drug-likeness (QED) is 0.780. The predicted octanol–water partition coefficient (Wildman–Crippen LogP) is 2.45. The number of furan rings is 1. The first kappa shape index (κ1) is 13.0. The highest BCUT2D eigenvalue weighted by molar-refractivity contribution is 7.13. The van der Waals surface area contributed by atoms with Crippen LogP contribution in [0.1, 0.15) is 30.8 Å². The maximum absolute atomic E-state index is 5.93. The minimum absolute atomic E-state index is 0.0575. The molecule has 7 heteroatoms. The van der Waals surface area contributed by atoms with Gasteiger partial charge < -0.3 is 10.2 Å². The fraction of sp³-hybridized carbons (Fsp3) is 0.308. The molecule has 0 amide bonds. The Hall–Kier alpha value is -1.99. The number of hydrogen-bond acceptors (Lipinski definition) is 6. The second-order valence-electron chi connectivity index (χ2n) is 4.48. The summed E-state index contributed by atoms with van der Waals surface area (Å²) in [5.41, 5.74) is 7.67. The van der Waals surface area contributed by atoms with Gasteiger partial charge in [0.2, 0.25) is 0 Å². The number of rotatable bonds is 5. The third-order valence-corrected chi connectivity index (χ3v) is 3.89. The lowest BCUT2D eigenvalue weighted by atomic mass is 10.2. The Bertz CT molecular complexity index is 673. The molecule has 0 saturated carbocycles. The smallest absolute Gasteiger partial charge is 0.162 e. The first-order valence-corrected chi connectivity index (χ1v) is 7.28. The van der Waals surface area contributed by atoms with Gasteiger partial charge in [0.1, 0.15) is 0 Å². The summed E-state index contributed by atoms with van der Waals surface area (Å²) in [4.78, 5) is 4.53. The summed E-state index contributed by atoms with van der Waals surface area (Å²) >= 11 is 1.55. The van der Waals surface area contributed by atoms with Crippen LogP contribution in [0.15, 0.2) is 34.4 Å². The SMILES string of the molecule is CCC(N)c1cn(Cc2csc(-c3ccco3)n2)nn1. The van der Waals surface area contributed by atoms with Crippen molar-refractivity contribution in [1.29, 1.82) is 0 Å². The molecule has 20 heavy (non-hydrogen) atoms. The molecule has 3 aromatic heterocycles. The summed E-state index contributed by atoms with van der Waals surface area (Å²) in [6.45, 7) is 2.61. The van der Waals surface area contributed by atoms with Crippen molar-refractivity contribution >= 4 is 11.3 Å². The van der Waals surface area contributed by atoms with Gasteiger partial charge in [0.05, 0.1) is 36.4 Å². The van der Waals surface area contributed by atoms with Crippen LogP contribution in [0, 0.1) is 0 Å². The molecule has 1 unspecified atom stereocenters. The molecule has 0 aliphatic heterocycles. The van der Waals surface area contributed by atoms with Gasteiger partial charge in [-0.2, -0.15) is 0 Å². The average Bonchev–Trinajstić information content (AvgIpc) is 3.19. The number of aromatic nitrogens is 4. The summed E-state index contributed by atoms with van der Waals surface area (Å²) in [7, 11) is 0. The third-order valence-electron chi connectivity index (χ3n) is 2.98. The minimum Gasteiger partial charge on any atom is -0.462 e. The molecule has 0 saturated heterocycles. The van der Waals surface area contributed by atoms with Crippen molar-refractivity contribution in [3.8, 4) is 10.8 Å². The first-order valence-electron chi connectivity index (χ1n) is 6.40. The summed E-state index contributed by atoms with van der Waals surface area (Å²) in [5, 5.41) is 11.0. The molecule has 1 atom stereocenters. The van der Waals surface area contributed by atoms with Crippen LogP contribution in [0.25, 0.3) is 10.8 Å². The molecule has 6 nitrogen and oxygen atoms in total. The van der Waals surface area contributed by atoms with Crippen LogP contribution in [0.4, 0.5) is 0 Å². The standard InChI is InChI=1S/C13H15N5OS/c1-2-10(14)11-7-18(17-16-11)6-9-8-20-13(15-9)12-4-3-5-19-12/h3-5,7-8,10H,2,6,14H2,1H3. The lowest BCUT2D eigenvalue weighted by molar-refractivity contribution is 0.581. The van der Waals surface area contributed by atoms with Gasteiger partial charge in [-0.3, -0.25) is 0 Å². The molecular weight excluding hydrogens is 274 g/mol. The molecule has 2 N–H and O–H groups in total. The van der Waals surface area contributed by atoms with E-state index >= 15 is 0 Å². The summed E-state index contributed by atoms with van der Waals surface area (Å²) in [5.74, 6) is 0.786. The van der Waals surface area contributed by atoms with E-state index in [2.05, 4.69) is 15.3 Å². The molecule has 0 aliphatic rings. The van der Waals surface area contributed by atoms with Gasteiger partial charge in [-0.15, -0.1) is 16.4 Å². The van der Waals surface area contributed by atoms with E-state index in [1.165, 1.54) is 0 Å². The van der Waals surface area contributed by atoms with E-state index in [1.54, 1.807) is 22.3 Å². The fourth-order valence-corrected chi connectivity index (χ4v) is 2.61. The Labute approximate surface area is 120 Å². The van der Waals surface area contributed by atoms with E-state index in [0.717, 1.165) is 28.6 Å². The van der Waals surface area contributed by atoms with Crippen LogP contribution in [-0.2, 0) is 6.54 Å². The largest absolute Gasteiger partial charge is 0.462 e. The fourth-order valence-electron chi connectivity index (χ4n) is 1.83. The normalized spacial score (nSPS) is 12.7. The number of thiazole rings is 1. The van der Waals surface area contributed by atoms with E-state index in [1.807, 2.05) is 30.6 Å². The first-order chi connectivity index (χ1) is 9.76. The molecule has 3 rings (SSSR count). The van der Waals surface area contributed by atoms with E-state index in [4.69, 9.17) is 10.2 Å². The Balaban J connectivity index is 1.73. The monoisotopic (exact) mass is 289 g/mol. The molecule has 0 bridgehead atoms. The zero-order valence-corrected chi connectivity index (χ0v) is 11.9. The van der Waals surface area contributed by atoms with Crippen molar-refractivity contribution in [3.63, 3.8) is 0 Å². The number of nitrogens with two attached hydrogens (primary N) is 1. The highest BCUT2D eigenvalue weighted by Crippen LogP contribution is 2.24. The van der Waals surface area contributed by atoms with Crippen molar-refractivity contribution in [2.24, 2.45) is 5.73 Å². The third kappa shape index (κ3) is 2.63. The Morgan fingerprint density at radius 3 is 3.15 bits per heavy atom. The minimum atomic E-state index is -0.0575. The average molecular weight is 289 g/mol. The van der Waals surface area contributed by atoms with Crippen molar-refractivity contribution in [3.05, 3.63) is 41.4 Å². The van der Waals surface area contributed by atoms with Crippen LogP contribution in [0.2, 0.25) is 0 Å². The zero-order chi connectivity index (χ0) is 13.9. The van der Waals surface area contributed by atoms with E-state index in [0.29, 0.717) is 6.54 Å². The maximum atomic E-state index is 5.93.